The molecule has 27 heavy (non-hydrogen) atoms. The highest BCUT2D eigenvalue weighted by atomic mass is 19.1. The molecule has 0 saturated carbocycles. The zero-order valence-corrected chi connectivity index (χ0v) is 15.3. The van der Waals surface area contributed by atoms with Crippen molar-refractivity contribution in [3.05, 3.63) is 48.3 Å². The molecule has 2 aromatic rings. The summed E-state index contributed by atoms with van der Waals surface area (Å²) in [6.07, 6.45) is 10.2. The summed E-state index contributed by atoms with van der Waals surface area (Å²) in [4.78, 5) is 30.4. The van der Waals surface area contributed by atoms with Gasteiger partial charge in [-0.3, -0.25) is 9.59 Å². The highest BCUT2D eigenvalue weighted by Crippen LogP contribution is 2.24. The van der Waals surface area contributed by atoms with Crippen LogP contribution in [0.4, 0.5) is 4.39 Å². The average molecular weight is 368 g/mol. The number of carbonyl (C=O) groups excluding carboxylic acids is 2. The van der Waals surface area contributed by atoms with Crippen LogP contribution in [0.15, 0.2) is 36.9 Å². The minimum atomic E-state index is -0.824. The largest absolute Gasteiger partial charge is 0.352 e. The first-order valence-corrected chi connectivity index (χ1v) is 8.65. The van der Waals surface area contributed by atoms with Crippen molar-refractivity contribution in [3.8, 4) is 18.0 Å². The molecule has 7 heteroatoms. The molecule has 3 rings (SSSR count). The molecule has 0 radical (unpaired) electrons. The van der Waals surface area contributed by atoms with Gasteiger partial charge in [-0.1, -0.05) is 5.92 Å². The Kier molecular flexibility index (Phi) is 5.00. The van der Waals surface area contributed by atoms with Crippen molar-refractivity contribution in [2.45, 2.75) is 13.8 Å². The van der Waals surface area contributed by atoms with Crippen LogP contribution < -0.4 is 5.32 Å². The predicted molar refractivity (Wildman–Crippen MR) is 98.5 cm³/mol. The van der Waals surface area contributed by atoms with Crippen LogP contribution in [0.5, 0.6) is 0 Å². The lowest BCUT2D eigenvalue weighted by molar-refractivity contribution is -0.143. The van der Waals surface area contributed by atoms with Crippen LogP contribution in [0.2, 0.25) is 0 Å². The molecule has 1 saturated heterocycles. The Morgan fingerprint density at radius 3 is 2.78 bits per heavy atom. The van der Waals surface area contributed by atoms with Crippen molar-refractivity contribution in [1.29, 1.82) is 0 Å². The second kappa shape index (κ2) is 7.23. The molecule has 1 fully saturated rings. The summed E-state index contributed by atoms with van der Waals surface area (Å²) in [6, 6.07) is 4.04. The summed E-state index contributed by atoms with van der Waals surface area (Å²) in [5, 5.41) is 2.83. The van der Waals surface area contributed by atoms with E-state index in [4.69, 9.17) is 6.42 Å². The van der Waals surface area contributed by atoms with E-state index in [2.05, 4.69) is 16.2 Å². The maximum absolute atomic E-state index is 13.6. The van der Waals surface area contributed by atoms with E-state index in [9.17, 15) is 14.0 Å². The van der Waals surface area contributed by atoms with Crippen LogP contribution >= 0.6 is 0 Å². The lowest BCUT2D eigenvalue weighted by Crippen LogP contribution is -2.56. The van der Waals surface area contributed by atoms with Gasteiger partial charge < -0.3 is 14.8 Å². The van der Waals surface area contributed by atoms with Crippen molar-refractivity contribution in [3.63, 3.8) is 0 Å². The summed E-state index contributed by atoms with van der Waals surface area (Å²) in [5.41, 5.74) is -0.0449. The zero-order valence-electron chi connectivity index (χ0n) is 15.3. The first kappa shape index (κ1) is 18.6. The molecule has 0 spiro atoms. The third kappa shape index (κ3) is 3.85. The number of rotatable bonds is 5. The van der Waals surface area contributed by atoms with E-state index in [-0.39, 0.29) is 23.3 Å². The van der Waals surface area contributed by atoms with E-state index in [0.29, 0.717) is 25.3 Å². The number of hydrogen-bond acceptors (Lipinski definition) is 3. The van der Waals surface area contributed by atoms with Gasteiger partial charge in [-0.05, 0) is 32.0 Å². The number of likely N-dealkylation sites (tertiary alicyclic amines) is 1. The molecule has 0 atom stereocenters. The molecule has 1 aliphatic heterocycles. The van der Waals surface area contributed by atoms with Gasteiger partial charge in [-0.2, -0.15) is 0 Å². The summed E-state index contributed by atoms with van der Waals surface area (Å²) in [7, 11) is 0. The third-order valence-electron chi connectivity index (χ3n) is 4.68. The lowest BCUT2D eigenvalue weighted by Gasteiger charge is -2.42. The number of nitrogens with zero attached hydrogens (tertiary/aromatic N) is 3. The standard InChI is InChI=1S/C20H21FN4O2/c1-4-20(2,3)19(27)25-11-14(12-25)10-23-18(26)16-9-15(21)5-6-17(16)24-8-7-22-13-24/h1,5-9,13-14H,10-12H2,2-3H3,(H,23,26). The van der Waals surface area contributed by atoms with Crippen molar-refractivity contribution < 1.29 is 14.0 Å². The highest BCUT2D eigenvalue weighted by molar-refractivity contribution is 5.97. The normalized spacial score (nSPS) is 14.4. The van der Waals surface area contributed by atoms with E-state index in [1.807, 2.05) is 0 Å². The first-order chi connectivity index (χ1) is 12.8. The van der Waals surface area contributed by atoms with E-state index in [0.717, 1.165) is 0 Å². The van der Waals surface area contributed by atoms with Crippen LogP contribution in [0.3, 0.4) is 0 Å². The third-order valence-corrected chi connectivity index (χ3v) is 4.68. The number of terminal acetylenes is 1. The molecule has 6 nitrogen and oxygen atoms in total. The van der Waals surface area contributed by atoms with Crippen LogP contribution in [-0.4, -0.2) is 45.9 Å². The smallest absolute Gasteiger partial charge is 0.253 e. The van der Waals surface area contributed by atoms with Crippen LogP contribution in [0.1, 0.15) is 24.2 Å². The van der Waals surface area contributed by atoms with Crippen LogP contribution in [-0.2, 0) is 4.79 Å². The number of hydrogen-bond donors (Lipinski definition) is 1. The fraction of sp³-hybridized carbons (Fsp3) is 0.350. The summed E-state index contributed by atoms with van der Waals surface area (Å²) < 4.78 is 15.3. The molecule has 0 unspecified atom stereocenters. The molecule has 2 heterocycles. The Hall–Kier alpha value is -3.14. The lowest BCUT2D eigenvalue weighted by atomic mass is 9.89. The van der Waals surface area contributed by atoms with Crippen molar-refractivity contribution in [2.24, 2.45) is 11.3 Å². The SMILES string of the molecule is C#CC(C)(C)C(=O)N1CC(CNC(=O)c2cc(F)ccc2-n2ccnc2)C1. The molecule has 1 aliphatic rings. The Bertz CT molecular complexity index is 893. The van der Waals surface area contributed by atoms with Gasteiger partial charge in [0.05, 0.1) is 17.6 Å². The van der Waals surface area contributed by atoms with Crippen LogP contribution in [0.25, 0.3) is 5.69 Å². The van der Waals surface area contributed by atoms with E-state index in [1.54, 1.807) is 42.0 Å². The highest BCUT2D eigenvalue weighted by Gasteiger charge is 2.37. The van der Waals surface area contributed by atoms with Gasteiger partial charge in [0, 0.05) is 37.9 Å². The van der Waals surface area contributed by atoms with Gasteiger partial charge in [0.25, 0.3) is 5.91 Å². The Morgan fingerprint density at radius 2 is 2.15 bits per heavy atom. The van der Waals surface area contributed by atoms with Crippen molar-refractivity contribution in [2.75, 3.05) is 19.6 Å². The Balaban J connectivity index is 1.60. The van der Waals surface area contributed by atoms with Gasteiger partial charge in [0.2, 0.25) is 5.91 Å². The second-order valence-electron chi connectivity index (χ2n) is 7.19. The molecule has 1 aromatic heterocycles. The monoisotopic (exact) mass is 368 g/mol. The molecule has 1 aromatic carbocycles. The molecule has 140 valence electrons. The number of halogens is 1. The molecule has 2 amide bonds. The molecular weight excluding hydrogens is 347 g/mol. The minimum absolute atomic E-state index is 0.0832. The van der Waals surface area contributed by atoms with Gasteiger partial charge >= 0.3 is 0 Å². The number of carbonyl (C=O) groups is 2. The molecule has 0 bridgehead atoms. The molecule has 0 aliphatic carbocycles. The van der Waals surface area contributed by atoms with Crippen molar-refractivity contribution >= 4 is 11.8 Å². The summed E-state index contributed by atoms with van der Waals surface area (Å²) in [5.74, 6) is 1.71. The number of nitrogens with one attached hydrogen (secondary N) is 1. The first-order valence-electron chi connectivity index (χ1n) is 8.65. The second-order valence-corrected chi connectivity index (χ2v) is 7.19. The predicted octanol–water partition coefficient (Wildman–Crippen LogP) is 1.86. The molecular formula is C20H21FN4O2. The van der Waals surface area contributed by atoms with Gasteiger partial charge in [0.1, 0.15) is 11.2 Å². The van der Waals surface area contributed by atoms with E-state index >= 15 is 0 Å². The number of imidazole rings is 1. The van der Waals surface area contributed by atoms with Crippen molar-refractivity contribution in [1.82, 2.24) is 19.8 Å². The van der Waals surface area contributed by atoms with Gasteiger partial charge in [-0.25, -0.2) is 9.37 Å². The number of amides is 2. The maximum Gasteiger partial charge on any atom is 0.253 e. The topological polar surface area (TPSA) is 67.2 Å². The average Bonchev–Trinajstić information content (AvgIpc) is 3.14. The van der Waals surface area contributed by atoms with Crippen LogP contribution in [0, 0.1) is 29.5 Å². The summed E-state index contributed by atoms with van der Waals surface area (Å²) >= 11 is 0. The fourth-order valence-electron chi connectivity index (χ4n) is 2.97. The summed E-state index contributed by atoms with van der Waals surface area (Å²) in [6.45, 7) is 4.92. The Labute approximate surface area is 157 Å². The minimum Gasteiger partial charge on any atom is -0.352 e. The number of aromatic nitrogens is 2. The van der Waals surface area contributed by atoms with E-state index < -0.39 is 11.2 Å². The Morgan fingerprint density at radius 1 is 1.41 bits per heavy atom. The van der Waals surface area contributed by atoms with Gasteiger partial charge in [0.15, 0.2) is 0 Å². The quantitative estimate of drug-likeness (QED) is 0.819. The van der Waals surface area contributed by atoms with E-state index in [1.165, 1.54) is 18.2 Å². The fourth-order valence-corrected chi connectivity index (χ4v) is 2.97. The van der Waals surface area contributed by atoms with Gasteiger partial charge in [-0.15, -0.1) is 6.42 Å². The molecule has 1 N–H and O–H groups in total. The maximum atomic E-state index is 13.6. The zero-order chi connectivity index (χ0) is 19.6. The number of benzene rings is 1.